The van der Waals surface area contributed by atoms with Gasteiger partial charge in [0.15, 0.2) is 0 Å². The quantitative estimate of drug-likeness (QED) is 0.244. The number of rotatable bonds is 13. The van der Waals surface area contributed by atoms with E-state index in [2.05, 4.69) is 10.6 Å². The van der Waals surface area contributed by atoms with Gasteiger partial charge in [-0.2, -0.15) is 8.42 Å². The summed E-state index contributed by atoms with van der Waals surface area (Å²) >= 11 is 0. The summed E-state index contributed by atoms with van der Waals surface area (Å²) in [6.45, 7) is 7.04. The summed E-state index contributed by atoms with van der Waals surface area (Å²) in [5, 5.41) is 5.36. The number of amides is 2. The monoisotopic (exact) mass is 424 g/mol. The van der Waals surface area contributed by atoms with Gasteiger partial charge in [0.1, 0.15) is 11.6 Å². The molecule has 0 aromatic rings. The molecule has 0 heterocycles. The van der Waals surface area contributed by atoms with E-state index in [0.29, 0.717) is 45.4 Å². The van der Waals surface area contributed by atoms with Crippen LogP contribution in [0.25, 0.3) is 0 Å². The van der Waals surface area contributed by atoms with Crippen molar-refractivity contribution in [1.82, 2.24) is 15.5 Å². The van der Waals surface area contributed by atoms with Crippen molar-refractivity contribution >= 4 is 22.1 Å². The maximum absolute atomic E-state index is 12.4. The highest BCUT2D eigenvalue weighted by molar-refractivity contribution is 7.85. The number of hydrogen-bond donors (Lipinski definition) is 4. The Kier molecular flexibility index (Phi) is 12.3. The predicted molar refractivity (Wildman–Crippen MR) is 108 cm³/mol. The van der Waals surface area contributed by atoms with Gasteiger partial charge in [0.25, 0.3) is 10.1 Å². The topological polar surface area (TPSA) is 151 Å². The third-order valence-electron chi connectivity index (χ3n) is 3.69. The van der Waals surface area contributed by atoms with E-state index in [1.165, 1.54) is 0 Å². The van der Waals surface area contributed by atoms with Gasteiger partial charge in [-0.3, -0.25) is 9.35 Å². The van der Waals surface area contributed by atoms with Crippen LogP contribution in [-0.4, -0.2) is 80.5 Å². The number of nitrogens with zero attached hydrogens (tertiary/aromatic N) is 1. The molecule has 1 unspecified atom stereocenters. The van der Waals surface area contributed by atoms with Crippen LogP contribution in [0.2, 0.25) is 0 Å². The lowest BCUT2D eigenvalue weighted by molar-refractivity contribution is -0.123. The molecular formula is C17H36N4O6S. The van der Waals surface area contributed by atoms with Gasteiger partial charge in [-0.05, 0) is 66.6 Å². The van der Waals surface area contributed by atoms with E-state index in [1.54, 1.807) is 27.8 Å². The molecule has 0 fully saturated rings. The Morgan fingerprint density at radius 3 is 2.36 bits per heavy atom. The zero-order valence-electron chi connectivity index (χ0n) is 17.4. The van der Waals surface area contributed by atoms with Gasteiger partial charge in [-0.1, -0.05) is 0 Å². The number of carbonyl (C=O) groups is 2. The summed E-state index contributed by atoms with van der Waals surface area (Å²) in [7, 11) is -2.17. The van der Waals surface area contributed by atoms with Crippen LogP contribution in [0.1, 0.15) is 46.5 Å². The highest BCUT2D eigenvalue weighted by atomic mass is 32.2. The highest BCUT2D eigenvalue weighted by Gasteiger charge is 2.23. The Morgan fingerprint density at radius 1 is 1.18 bits per heavy atom. The zero-order valence-corrected chi connectivity index (χ0v) is 18.2. The molecular weight excluding hydrogens is 388 g/mol. The van der Waals surface area contributed by atoms with E-state index >= 15 is 0 Å². The first-order valence-corrected chi connectivity index (χ1v) is 11.1. The molecule has 0 aliphatic heterocycles. The van der Waals surface area contributed by atoms with Gasteiger partial charge in [0, 0.05) is 13.1 Å². The Balaban J connectivity index is 4.43. The lowest BCUT2D eigenvalue weighted by Gasteiger charge is -2.24. The van der Waals surface area contributed by atoms with Crippen molar-refractivity contribution in [2.75, 3.05) is 39.0 Å². The van der Waals surface area contributed by atoms with Crippen LogP contribution in [0.15, 0.2) is 0 Å². The van der Waals surface area contributed by atoms with Crippen molar-refractivity contribution in [2.24, 2.45) is 5.73 Å². The second kappa shape index (κ2) is 12.9. The maximum atomic E-state index is 12.4. The van der Waals surface area contributed by atoms with Crippen LogP contribution in [-0.2, 0) is 19.6 Å². The molecule has 0 radical (unpaired) electrons. The lowest BCUT2D eigenvalue weighted by atomic mass is 10.1. The molecule has 2 amide bonds. The smallest absolute Gasteiger partial charge is 0.408 e. The number of nitrogens with one attached hydrogen (secondary N) is 2. The van der Waals surface area contributed by atoms with E-state index in [4.69, 9.17) is 15.0 Å². The molecule has 0 aliphatic rings. The second-order valence-corrected chi connectivity index (χ2v) is 9.29. The van der Waals surface area contributed by atoms with Crippen molar-refractivity contribution in [3.8, 4) is 0 Å². The van der Waals surface area contributed by atoms with Gasteiger partial charge in [0.05, 0.1) is 5.75 Å². The predicted octanol–water partition coefficient (Wildman–Crippen LogP) is 0.335. The van der Waals surface area contributed by atoms with Crippen LogP contribution in [0, 0.1) is 0 Å². The summed E-state index contributed by atoms with van der Waals surface area (Å²) < 4.78 is 35.3. The third-order valence-corrected chi connectivity index (χ3v) is 4.49. The molecule has 28 heavy (non-hydrogen) atoms. The molecule has 0 aromatic heterocycles. The molecule has 0 aromatic carbocycles. The number of likely N-dealkylation sites (N-methyl/N-ethyl adjacent to an activating group) is 1. The molecule has 0 rings (SSSR count). The van der Waals surface area contributed by atoms with E-state index in [9.17, 15) is 18.0 Å². The SMILES string of the molecule is CN(CCCS(=O)(=O)O)CCNC(=O)C(CCCCN)NC(=O)OC(C)(C)C. The van der Waals surface area contributed by atoms with Crippen LogP contribution >= 0.6 is 0 Å². The van der Waals surface area contributed by atoms with Crippen LogP contribution < -0.4 is 16.4 Å². The van der Waals surface area contributed by atoms with Gasteiger partial charge in [-0.25, -0.2) is 4.79 Å². The van der Waals surface area contributed by atoms with Gasteiger partial charge in [-0.15, -0.1) is 0 Å². The van der Waals surface area contributed by atoms with Crippen LogP contribution in [0.4, 0.5) is 4.79 Å². The standard InChI is InChI=1S/C17H36N4O6S/c1-17(2,3)27-16(23)20-14(8-5-6-9-18)15(22)19-10-12-21(4)11-7-13-28(24,25)26/h14H,5-13,18H2,1-4H3,(H,19,22)(H,20,23)(H,24,25,26). The fourth-order valence-corrected chi connectivity index (χ4v) is 2.83. The average molecular weight is 425 g/mol. The number of ether oxygens (including phenoxy) is 1. The number of nitrogens with two attached hydrogens (primary N) is 1. The summed E-state index contributed by atoms with van der Waals surface area (Å²) in [4.78, 5) is 26.2. The zero-order chi connectivity index (χ0) is 21.8. The van der Waals surface area contributed by atoms with E-state index < -0.39 is 27.9 Å². The van der Waals surface area contributed by atoms with Crippen molar-refractivity contribution in [3.05, 3.63) is 0 Å². The fraction of sp³-hybridized carbons (Fsp3) is 0.882. The van der Waals surface area contributed by atoms with Crippen molar-refractivity contribution in [1.29, 1.82) is 0 Å². The number of unbranched alkanes of at least 4 members (excludes halogenated alkanes) is 1. The number of hydrogen-bond acceptors (Lipinski definition) is 7. The first-order valence-electron chi connectivity index (χ1n) is 9.45. The number of carbonyl (C=O) groups excluding carboxylic acids is 2. The van der Waals surface area contributed by atoms with Gasteiger partial charge >= 0.3 is 6.09 Å². The van der Waals surface area contributed by atoms with Crippen LogP contribution in [0.3, 0.4) is 0 Å². The molecule has 5 N–H and O–H groups in total. The maximum Gasteiger partial charge on any atom is 0.408 e. The lowest BCUT2D eigenvalue weighted by Crippen LogP contribution is -2.49. The fourth-order valence-electron chi connectivity index (χ4n) is 2.33. The summed E-state index contributed by atoms with van der Waals surface area (Å²) in [5.41, 5.74) is 4.82. The largest absolute Gasteiger partial charge is 0.444 e. The molecule has 0 spiro atoms. The second-order valence-electron chi connectivity index (χ2n) is 7.72. The molecule has 11 heteroatoms. The van der Waals surface area contributed by atoms with Gasteiger partial charge < -0.3 is 26.0 Å². The molecule has 0 saturated carbocycles. The van der Waals surface area contributed by atoms with E-state index in [1.807, 2.05) is 4.90 Å². The summed E-state index contributed by atoms with van der Waals surface area (Å²) in [6, 6.07) is -0.716. The summed E-state index contributed by atoms with van der Waals surface area (Å²) in [6.07, 6.45) is 1.54. The Morgan fingerprint density at radius 2 is 1.82 bits per heavy atom. The van der Waals surface area contributed by atoms with Crippen molar-refractivity contribution < 1.29 is 27.3 Å². The highest BCUT2D eigenvalue weighted by Crippen LogP contribution is 2.08. The Labute approximate surface area is 168 Å². The van der Waals surface area contributed by atoms with Gasteiger partial charge in [0.2, 0.25) is 5.91 Å². The minimum atomic E-state index is -3.96. The average Bonchev–Trinajstić information content (AvgIpc) is 2.51. The van der Waals surface area contributed by atoms with E-state index in [0.717, 1.165) is 6.42 Å². The normalized spacial score (nSPS) is 13.2. The van der Waals surface area contributed by atoms with Crippen molar-refractivity contribution in [2.45, 2.75) is 58.1 Å². The molecule has 1 atom stereocenters. The summed E-state index contributed by atoms with van der Waals surface area (Å²) in [5.74, 6) is -0.610. The minimum absolute atomic E-state index is 0.297. The first-order chi connectivity index (χ1) is 12.8. The Bertz CT molecular complexity index is 577. The Hall–Kier alpha value is -1.43. The first kappa shape index (κ1) is 26.6. The molecule has 0 aliphatic carbocycles. The molecule has 10 nitrogen and oxygen atoms in total. The molecule has 0 bridgehead atoms. The van der Waals surface area contributed by atoms with E-state index in [-0.39, 0.29) is 11.7 Å². The van der Waals surface area contributed by atoms with Crippen LogP contribution in [0.5, 0.6) is 0 Å². The number of alkyl carbamates (subject to hydrolysis) is 1. The molecule has 0 saturated heterocycles. The third kappa shape index (κ3) is 15.6. The molecule has 166 valence electrons. The van der Waals surface area contributed by atoms with Crippen molar-refractivity contribution in [3.63, 3.8) is 0 Å². The minimum Gasteiger partial charge on any atom is -0.444 e.